The first kappa shape index (κ1) is 14.0. The number of nitrogen functional groups attached to an aromatic ring is 1. The summed E-state index contributed by atoms with van der Waals surface area (Å²) in [5.41, 5.74) is 8.10. The Kier molecular flexibility index (Phi) is 4.17. The van der Waals surface area contributed by atoms with Gasteiger partial charge in [-0.1, -0.05) is 23.7 Å². The Morgan fingerprint density at radius 1 is 1.47 bits per heavy atom. The van der Waals surface area contributed by atoms with Gasteiger partial charge < -0.3 is 5.73 Å². The van der Waals surface area contributed by atoms with Gasteiger partial charge in [-0.05, 0) is 24.6 Å². The fourth-order valence-corrected chi connectivity index (χ4v) is 3.07. The molecule has 0 spiro atoms. The van der Waals surface area contributed by atoms with Gasteiger partial charge in [0.2, 0.25) is 0 Å². The van der Waals surface area contributed by atoms with Crippen LogP contribution in [0.3, 0.4) is 0 Å². The Morgan fingerprint density at radius 2 is 2.21 bits per heavy atom. The summed E-state index contributed by atoms with van der Waals surface area (Å²) < 4.78 is 1.86. The molecule has 0 aliphatic rings. The van der Waals surface area contributed by atoms with E-state index in [1.54, 1.807) is 17.8 Å². The highest BCUT2D eigenvalue weighted by Gasteiger charge is 2.07. The molecule has 19 heavy (non-hydrogen) atoms. The summed E-state index contributed by atoms with van der Waals surface area (Å²) in [5.74, 6) is 0.791. The molecule has 0 aliphatic heterocycles. The summed E-state index contributed by atoms with van der Waals surface area (Å²) in [5, 5.41) is 13.4. The summed E-state index contributed by atoms with van der Waals surface area (Å²) in [7, 11) is 1.93. The van der Waals surface area contributed by atoms with Crippen molar-refractivity contribution in [2.24, 2.45) is 12.8 Å². The van der Waals surface area contributed by atoms with E-state index in [4.69, 9.17) is 22.7 Å². The number of nitrogens with two attached hydrogens (primary N) is 1. The first-order valence-electron chi connectivity index (χ1n) is 5.73. The molecule has 0 atom stereocenters. The summed E-state index contributed by atoms with van der Waals surface area (Å²) >= 11 is 7.88. The SMILES string of the molecule is Cc1cc(SCc2ccc(C(=N)N)cc2Cl)n(C)n1. The van der Waals surface area contributed by atoms with Gasteiger partial charge in [-0.3, -0.25) is 10.1 Å². The number of thioether (sulfide) groups is 1. The van der Waals surface area contributed by atoms with Gasteiger partial charge in [0.15, 0.2) is 0 Å². The monoisotopic (exact) mass is 294 g/mol. The van der Waals surface area contributed by atoms with Crippen molar-refractivity contribution in [3.05, 3.63) is 46.1 Å². The summed E-state index contributed by atoms with van der Waals surface area (Å²) in [6, 6.07) is 7.50. The molecule has 6 heteroatoms. The first-order valence-corrected chi connectivity index (χ1v) is 7.10. The third-order valence-corrected chi connectivity index (χ3v) is 4.18. The highest BCUT2D eigenvalue weighted by atomic mass is 35.5. The van der Waals surface area contributed by atoms with Gasteiger partial charge in [0.1, 0.15) is 5.84 Å². The van der Waals surface area contributed by atoms with Crippen molar-refractivity contribution in [2.75, 3.05) is 0 Å². The molecule has 0 aliphatic carbocycles. The molecule has 0 saturated carbocycles. The molecule has 3 N–H and O–H groups in total. The number of benzene rings is 1. The predicted octanol–water partition coefficient (Wildman–Crippen LogP) is 2.96. The molecule has 1 aromatic carbocycles. The number of nitrogens with one attached hydrogen (secondary N) is 1. The zero-order valence-corrected chi connectivity index (χ0v) is 12.3. The Morgan fingerprint density at radius 3 is 2.74 bits per heavy atom. The number of amidine groups is 1. The number of halogens is 1. The third kappa shape index (κ3) is 3.30. The zero-order valence-electron chi connectivity index (χ0n) is 10.8. The predicted molar refractivity (Wildman–Crippen MR) is 80.0 cm³/mol. The Hall–Kier alpha value is -1.46. The van der Waals surface area contributed by atoms with E-state index in [9.17, 15) is 0 Å². The number of nitrogens with zero attached hydrogens (tertiary/aromatic N) is 2. The van der Waals surface area contributed by atoms with E-state index in [0.717, 1.165) is 22.0 Å². The maximum atomic E-state index is 7.37. The molecule has 2 aromatic rings. The van der Waals surface area contributed by atoms with E-state index < -0.39 is 0 Å². The van der Waals surface area contributed by atoms with Crippen LogP contribution in [0.2, 0.25) is 5.02 Å². The fourth-order valence-electron chi connectivity index (χ4n) is 1.71. The molecular formula is C13H15ClN4S. The van der Waals surface area contributed by atoms with Crippen LogP contribution in [0.15, 0.2) is 29.3 Å². The summed E-state index contributed by atoms with van der Waals surface area (Å²) in [6.45, 7) is 1.97. The number of hydrogen-bond donors (Lipinski definition) is 2. The van der Waals surface area contributed by atoms with Crippen LogP contribution in [0.5, 0.6) is 0 Å². The van der Waals surface area contributed by atoms with Crippen LogP contribution >= 0.6 is 23.4 Å². The van der Waals surface area contributed by atoms with Gasteiger partial charge in [0, 0.05) is 23.4 Å². The number of rotatable bonds is 4. The van der Waals surface area contributed by atoms with Crippen LogP contribution in [-0.4, -0.2) is 15.6 Å². The van der Waals surface area contributed by atoms with Gasteiger partial charge in [-0.25, -0.2) is 0 Å². The largest absolute Gasteiger partial charge is 0.384 e. The van der Waals surface area contributed by atoms with Gasteiger partial charge in [0.25, 0.3) is 0 Å². The molecule has 1 aromatic heterocycles. The van der Waals surface area contributed by atoms with Crippen molar-refractivity contribution < 1.29 is 0 Å². The van der Waals surface area contributed by atoms with Gasteiger partial charge in [0.05, 0.1) is 10.7 Å². The van der Waals surface area contributed by atoms with E-state index in [-0.39, 0.29) is 5.84 Å². The van der Waals surface area contributed by atoms with Crippen LogP contribution in [0.25, 0.3) is 0 Å². The Balaban J connectivity index is 2.12. The first-order chi connectivity index (χ1) is 8.97. The average molecular weight is 295 g/mol. The molecule has 0 saturated heterocycles. The minimum Gasteiger partial charge on any atom is -0.384 e. The van der Waals surface area contributed by atoms with Crippen molar-refractivity contribution in [1.29, 1.82) is 5.41 Å². The van der Waals surface area contributed by atoms with E-state index in [2.05, 4.69) is 5.10 Å². The van der Waals surface area contributed by atoms with Crippen molar-refractivity contribution in [3.63, 3.8) is 0 Å². The molecule has 4 nitrogen and oxygen atoms in total. The minimum absolute atomic E-state index is 0.0309. The molecule has 100 valence electrons. The van der Waals surface area contributed by atoms with Gasteiger partial charge in [-0.2, -0.15) is 5.10 Å². The lowest BCUT2D eigenvalue weighted by Gasteiger charge is -2.06. The van der Waals surface area contributed by atoms with Crippen LogP contribution in [0.1, 0.15) is 16.8 Å². The topological polar surface area (TPSA) is 67.7 Å². The van der Waals surface area contributed by atoms with Crippen LogP contribution in [0.4, 0.5) is 0 Å². The highest BCUT2D eigenvalue weighted by Crippen LogP contribution is 2.27. The Bertz CT molecular complexity index is 621. The van der Waals surface area contributed by atoms with E-state index in [0.29, 0.717) is 10.6 Å². The molecule has 0 bridgehead atoms. The molecule has 0 radical (unpaired) electrons. The number of aryl methyl sites for hydroxylation is 2. The molecule has 0 unspecified atom stereocenters. The maximum absolute atomic E-state index is 7.37. The average Bonchev–Trinajstić information content (AvgIpc) is 2.66. The smallest absolute Gasteiger partial charge is 0.122 e. The van der Waals surface area contributed by atoms with E-state index >= 15 is 0 Å². The quantitative estimate of drug-likeness (QED) is 0.517. The molecule has 2 rings (SSSR count). The van der Waals surface area contributed by atoms with Crippen molar-refractivity contribution in [2.45, 2.75) is 17.7 Å². The van der Waals surface area contributed by atoms with E-state index in [1.807, 2.05) is 36.9 Å². The van der Waals surface area contributed by atoms with Crippen molar-refractivity contribution in [1.82, 2.24) is 9.78 Å². The third-order valence-electron chi connectivity index (χ3n) is 2.70. The molecule has 1 heterocycles. The maximum Gasteiger partial charge on any atom is 0.122 e. The standard InChI is InChI=1S/C13H15ClN4S/c1-8-5-12(18(2)17-8)19-7-10-4-3-9(13(15)16)6-11(10)14/h3-6H,7H2,1-2H3,(H3,15,16). The second-order valence-corrected chi connectivity index (χ2v) is 5.66. The van der Waals surface area contributed by atoms with Crippen LogP contribution in [0, 0.1) is 12.3 Å². The van der Waals surface area contributed by atoms with Crippen molar-refractivity contribution >= 4 is 29.2 Å². The fraction of sp³-hybridized carbons (Fsp3) is 0.231. The summed E-state index contributed by atoms with van der Waals surface area (Å²) in [4.78, 5) is 0. The highest BCUT2D eigenvalue weighted by molar-refractivity contribution is 7.98. The lowest BCUT2D eigenvalue weighted by Crippen LogP contribution is -2.10. The molecule has 0 fully saturated rings. The second-order valence-electron chi connectivity index (χ2n) is 4.26. The minimum atomic E-state index is 0.0309. The van der Waals surface area contributed by atoms with Gasteiger partial charge >= 0.3 is 0 Å². The zero-order chi connectivity index (χ0) is 14.0. The number of aromatic nitrogens is 2. The van der Waals surface area contributed by atoms with Gasteiger partial charge in [-0.15, -0.1) is 11.8 Å². The van der Waals surface area contributed by atoms with Crippen molar-refractivity contribution in [3.8, 4) is 0 Å². The van der Waals surface area contributed by atoms with Crippen LogP contribution < -0.4 is 5.73 Å². The number of hydrogen-bond acceptors (Lipinski definition) is 3. The summed E-state index contributed by atoms with van der Waals surface area (Å²) in [6.07, 6.45) is 0. The Labute approximate surface area is 121 Å². The lowest BCUT2D eigenvalue weighted by atomic mass is 10.1. The lowest BCUT2D eigenvalue weighted by molar-refractivity contribution is 0.692. The van der Waals surface area contributed by atoms with Crippen LogP contribution in [-0.2, 0) is 12.8 Å². The molecular weight excluding hydrogens is 280 g/mol. The second kappa shape index (κ2) is 5.67. The van der Waals surface area contributed by atoms with E-state index in [1.165, 1.54) is 0 Å². The normalized spacial score (nSPS) is 10.7. The molecule has 0 amide bonds.